The second-order valence-corrected chi connectivity index (χ2v) is 10.6. The number of carbonyl (C=O) groups is 1. The van der Waals surface area contributed by atoms with Gasteiger partial charge in [-0.1, -0.05) is 66.7 Å². The molecule has 0 spiro atoms. The van der Waals surface area contributed by atoms with Gasteiger partial charge >= 0.3 is 0 Å². The van der Waals surface area contributed by atoms with Crippen molar-refractivity contribution in [2.45, 2.75) is 57.4 Å². The third-order valence-electron chi connectivity index (χ3n) is 8.63. The fraction of sp³-hybridized carbons (Fsp3) is 0.500. The number of ether oxygens (including phenoxy) is 2. The highest BCUT2D eigenvalue weighted by Gasteiger charge is 2.55. The second-order valence-electron chi connectivity index (χ2n) is 10.6. The van der Waals surface area contributed by atoms with E-state index in [-0.39, 0.29) is 18.0 Å². The van der Waals surface area contributed by atoms with Crippen LogP contribution in [-0.2, 0) is 27.5 Å². The van der Waals surface area contributed by atoms with Crippen molar-refractivity contribution in [3.8, 4) is 0 Å². The van der Waals surface area contributed by atoms with Crippen LogP contribution in [0.4, 0.5) is 0 Å². The maximum atomic E-state index is 13.7. The molecular weight excluding hydrogens is 422 g/mol. The molecule has 6 rings (SSSR count). The summed E-state index contributed by atoms with van der Waals surface area (Å²) in [5, 5.41) is 0. The van der Waals surface area contributed by atoms with Gasteiger partial charge in [0.25, 0.3) is 0 Å². The zero-order chi connectivity index (χ0) is 22.9. The van der Waals surface area contributed by atoms with E-state index in [9.17, 15) is 4.79 Å². The number of likely N-dealkylation sites (tertiary alicyclic amines) is 1. The zero-order valence-corrected chi connectivity index (χ0v) is 19.9. The Morgan fingerprint density at radius 3 is 1.85 bits per heavy atom. The van der Waals surface area contributed by atoms with Crippen LogP contribution in [-0.4, -0.2) is 36.0 Å². The molecule has 34 heavy (non-hydrogen) atoms. The van der Waals surface area contributed by atoms with E-state index in [1.807, 2.05) is 12.1 Å². The van der Waals surface area contributed by atoms with Crippen molar-refractivity contribution in [1.29, 1.82) is 0 Å². The molecule has 2 aromatic rings. The Kier molecular flexibility index (Phi) is 6.28. The number of Topliss-reactive ketones (excluding diaryl/α,β-unsaturated/α-hetero) is 1. The summed E-state index contributed by atoms with van der Waals surface area (Å²) in [7, 11) is 0. The number of carbonyl (C=O) groups excluding carboxylic acids is 1. The van der Waals surface area contributed by atoms with Crippen LogP contribution in [0.2, 0.25) is 0 Å². The predicted octanol–water partition coefficient (Wildman–Crippen LogP) is 5.38. The molecule has 2 bridgehead atoms. The number of hydrogen-bond acceptors (Lipinski definition) is 4. The summed E-state index contributed by atoms with van der Waals surface area (Å²) in [6, 6.07) is 21.2. The van der Waals surface area contributed by atoms with Crippen LogP contribution in [0.15, 0.2) is 72.4 Å². The highest BCUT2D eigenvalue weighted by Crippen LogP contribution is 2.57. The molecule has 1 heterocycles. The number of ketones is 1. The Bertz CT molecular complexity index is 966. The lowest BCUT2D eigenvalue weighted by Gasteiger charge is -2.33. The summed E-state index contributed by atoms with van der Waals surface area (Å²) in [5.74, 6) is 2.45. The summed E-state index contributed by atoms with van der Waals surface area (Å²) in [5.41, 5.74) is 3.36. The average Bonchev–Trinajstić information content (AvgIpc) is 3.64. The van der Waals surface area contributed by atoms with Gasteiger partial charge in [0.15, 0.2) is 5.78 Å². The van der Waals surface area contributed by atoms with E-state index < -0.39 is 0 Å². The van der Waals surface area contributed by atoms with Gasteiger partial charge in [0.2, 0.25) is 0 Å². The van der Waals surface area contributed by atoms with Gasteiger partial charge in [0.05, 0.1) is 44.2 Å². The minimum absolute atomic E-state index is 0.237. The molecule has 4 nitrogen and oxygen atoms in total. The zero-order valence-electron chi connectivity index (χ0n) is 19.9. The number of nitrogens with zero attached hydrogens (tertiary/aromatic N) is 1. The van der Waals surface area contributed by atoms with E-state index in [0.717, 1.165) is 24.5 Å². The van der Waals surface area contributed by atoms with Crippen molar-refractivity contribution in [3.05, 3.63) is 83.6 Å². The maximum absolute atomic E-state index is 13.7. The predicted molar refractivity (Wildman–Crippen MR) is 132 cm³/mol. The highest BCUT2D eigenvalue weighted by molar-refractivity contribution is 6.00. The van der Waals surface area contributed by atoms with Crippen LogP contribution < -0.4 is 0 Å². The Hall–Kier alpha value is -2.43. The summed E-state index contributed by atoms with van der Waals surface area (Å²) < 4.78 is 12.4. The van der Waals surface area contributed by atoms with Gasteiger partial charge in [0, 0.05) is 5.92 Å². The first kappa shape index (κ1) is 22.1. The normalized spacial score (nSPS) is 31.8. The van der Waals surface area contributed by atoms with Gasteiger partial charge in [-0.25, -0.2) is 0 Å². The van der Waals surface area contributed by atoms with Gasteiger partial charge in [-0.2, -0.15) is 0 Å². The fourth-order valence-electron chi connectivity index (χ4n) is 7.07. The summed E-state index contributed by atoms with van der Waals surface area (Å²) in [6.45, 7) is 2.53. The molecule has 2 unspecified atom stereocenters. The molecule has 2 saturated carbocycles. The lowest BCUT2D eigenvalue weighted by atomic mass is 9.81. The van der Waals surface area contributed by atoms with E-state index in [1.54, 1.807) is 0 Å². The second kappa shape index (κ2) is 9.67. The van der Waals surface area contributed by atoms with E-state index in [0.29, 0.717) is 44.0 Å². The van der Waals surface area contributed by atoms with Crippen molar-refractivity contribution >= 4 is 5.78 Å². The summed E-state index contributed by atoms with van der Waals surface area (Å²) >= 11 is 0. The van der Waals surface area contributed by atoms with Crippen molar-refractivity contribution < 1.29 is 14.3 Å². The molecule has 6 atom stereocenters. The Balaban J connectivity index is 1.16. The molecule has 1 aliphatic heterocycles. The first-order valence-electron chi connectivity index (χ1n) is 13.1. The molecule has 3 aliphatic carbocycles. The van der Waals surface area contributed by atoms with Crippen LogP contribution in [0, 0.1) is 23.7 Å². The molecule has 0 amide bonds. The third-order valence-corrected chi connectivity index (χ3v) is 8.63. The minimum atomic E-state index is 0.237. The number of fused-ring (bicyclic) bond motifs is 5. The van der Waals surface area contributed by atoms with Crippen molar-refractivity contribution in [3.63, 3.8) is 0 Å². The first-order valence-corrected chi connectivity index (χ1v) is 13.1. The van der Waals surface area contributed by atoms with Crippen molar-refractivity contribution in [2.75, 3.05) is 13.2 Å². The Labute approximate surface area is 202 Å². The molecule has 2 aromatic carbocycles. The van der Waals surface area contributed by atoms with E-state index >= 15 is 0 Å². The van der Waals surface area contributed by atoms with Crippen LogP contribution in [0.3, 0.4) is 0 Å². The maximum Gasteiger partial charge on any atom is 0.182 e. The fourth-order valence-corrected chi connectivity index (χ4v) is 7.07. The first-order chi connectivity index (χ1) is 16.8. The lowest BCUT2D eigenvalue weighted by Crippen LogP contribution is -2.42. The van der Waals surface area contributed by atoms with Crippen LogP contribution in [0.1, 0.15) is 43.2 Å². The minimum Gasteiger partial charge on any atom is -0.375 e. The van der Waals surface area contributed by atoms with Crippen LogP contribution in [0.5, 0.6) is 0 Å². The van der Waals surface area contributed by atoms with E-state index in [2.05, 4.69) is 59.5 Å². The Morgan fingerprint density at radius 2 is 1.29 bits per heavy atom. The van der Waals surface area contributed by atoms with E-state index in [1.165, 1.54) is 30.4 Å². The highest BCUT2D eigenvalue weighted by atomic mass is 16.5. The number of rotatable bonds is 9. The molecule has 0 N–H and O–H groups in total. The number of benzene rings is 2. The van der Waals surface area contributed by atoms with Gasteiger partial charge in [-0.3, -0.25) is 4.79 Å². The molecule has 3 fully saturated rings. The largest absolute Gasteiger partial charge is 0.375 e. The summed E-state index contributed by atoms with van der Waals surface area (Å²) in [4.78, 5) is 16.1. The molecule has 4 aliphatic rings. The molecule has 0 radical (unpaired) electrons. The Morgan fingerprint density at radius 1 is 0.735 bits per heavy atom. The third kappa shape index (κ3) is 4.23. The van der Waals surface area contributed by atoms with E-state index in [4.69, 9.17) is 9.47 Å². The standard InChI is InChI=1S/C30H35NO3/c32-30-28(16-27-23-11-12-24(15-23)29(27)30)31-25(19-33-17-21-7-3-1-4-8-21)13-14-26(31)20-34-18-22-9-5-2-6-10-22/h1-10,16,23-27,29H,11-15,17-20H2/t23-,24+,25+,26+,27?,29?/m0/s1. The van der Waals surface area contributed by atoms with Crippen molar-refractivity contribution in [1.82, 2.24) is 4.90 Å². The summed E-state index contributed by atoms with van der Waals surface area (Å²) in [6.07, 6.45) is 8.25. The van der Waals surface area contributed by atoms with Crippen LogP contribution in [0.25, 0.3) is 0 Å². The molecule has 0 aromatic heterocycles. The van der Waals surface area contributed by atoms with Gasteiger partial charge in [-0.15, -0.1) is 0 Å². The number of hydrogen-bond donors (Lipinski definition) is 0. The van der Waals surface area contributed by atoms with Crippen molar-refractivity contribution in [2.24, 2.45) is 23.7 Å². The smallest absolute Gasteiger partial charge is 0.182 e. The van der Waals surface area contributed by atoms with Gasteiger partial charge in [-0.05, 0) is 61.0 Å². The molecule has 4 heteroatoms. The molecular formula is C30H35NO3. The SMILES string of the molecule is O=C1C(N2[C@@H](COCc3ccccc3)CC[C@@H]2COCc2ccccc2)=CC2C1[C@@H]1CC[C@H]2C1. The molecule has 178 valence electrons. The molecule has 1 saturated heterocycles. The topological polar surface area (TPSA) is 38.8 Å². The lowest BCUT2D eigenvalue weighted by molar-refractivity contribution is -0.122. The average molecular weight is 458 g/mol. The van der Waals surface area contributed by atoms with Crippen LogP contribution >= 0.6 is 0 Å². The monoisotopic (exact) mass is 457 g/mol. The van der Waals surface area contributed by atoms with Gasteiger partial charge < -0.3 is 14.4 Å². The quantitative estimate of drug-likeness (QED) is 0.507. The number of allylic oxidation sites excluding steroid dienone is 2. The van der Waals surface area contributed by atoms with Gasteiger partial charge in [0.1, 0.15) is 0 Å².